The van der Waals surface area contributed by atoms with Gasteiger partial charge in [-0.05, 0) is 24.1 Å². The van der Waals surface area contributed by atoms with Crippen LogP contribution in [0, 0.1) is 6.92 Å². The number of benzene rings is 1. The van der Waals surface area contributed by atoms with E-state index in [4.69, 9.17) is 9.84 Å². The van der Waals surface area contributed by atoms with Gasteiger partial charge in [0.25, 0.3) is 0 Å². The third-order valence-electron chi connectivity index (χ3n) is 2.92. The van der Waals surface area contributed by atoms with Crippen LogP contribution in [-0.4, -0.2) is 42.7 Å². The maximum Gasteiger partial charge on any atom is 0.317 e. The van der Waals surface area contributed by atoms with Crippen LogP contribution in [0.2, 0.25) is 0 Å². The molecule has 0 saturated heterocycles. The Bertz CT molecular complexity index is 488. The summed E-state index contributed by atoms with van der Waals surface area (Å²) >= 11 is 0. The van der Waals surface area contributed by atoms with E-state index in [9.17, 15) is 9.59 Å². The third kappa shape index (κ3) is 4.79. The largest absolute Gasteiger partial charge is 0.496 e. The minimum absolute atomic E-state index is 0.0672. The number of aryl methyl sites for hydroxylation is 1. The number of nitrogens with one attached hydrogen (secondary N) is 1. The highest BCUT2D eigenvalue weighted by Gasteiger charge is 2.10. The molecule has 20 heavy (non-hydrogen) atoms. The topological polar surface area (TPSA) is 78.9 Å². The third-order valence-corrected chi connectivity index (χ3v) is 2.92. The zero-order chi connectivity index (χ0) is 15.1. The smallest absolute Gasteiger partial charge is 0.317 e. The molecule has 0 bridgehead atoms. The molecule has 0 aliphatic heterocycles. The number of carbonyl (C=O) groups is 2. The van der Waals surface area contributed by atoms with Crippen LogP contribution in [0.25, 0.3) is 0 Å². The highest BCUT2D eigenvalue weighted by molar-refractivity contribution is 5.75. The van der Waals surface area contributed by atoms with Crippen molar-refractivity contribution in [2.75, 3.05) is 20.7 Å². The number of carbonyl (C=O) groups excluding carboxylic acids is 1. The van der Waals surface area contributed by atoms with E-state index in [2.05, 4.69) is 5.32 Å². The zero-order valence-corrected chi connectivity index (χ0v) is 12.0. The van der Waals surface area contributed by atoms with Gasteiger partial charge >= 0.3 is 12.0 Å². The van der Waals surface area contributed by atoms with Crippen LogP contribution >= 0.6 is 0 Å². The number of carboxylic acids is 1. The summed E-state index contributed by atoms with van der Waals surface area (Å²) in [7, 11) is 3.17. The Labute approximate surface area is 118 Å². The van der Waals surface area contributed by atoms with Crippen LogP contribution in [0.15, 0.2) is 18.2 Å². The summed E-state index contributed by atoms with van der Waals surface area (Å²) in [5.74, 6) is -0.149. The Morgan fingerprint density at radius 3 is 2.70 bits per heavy atom. The second-order valence-electron chi connectivity index (χ2n) is 4.53. The van der Waals surface area contributed by atoms with Crippen molar-refractivity contribution >= 4 is 12.0 Å². The minimum atomic E-state index is -0.923. The number of rotatable bonds is 6. The maximum atomic E-state index is 11.7. The molecule has 0 aliphatic rings. The van der Waals surface area contributed by atoms with E-state index in [-0.39, 0.29) is 19.0 Å². The Balaban J connectivity index is 2.50. The number of nitrogens with zero attached hydrogens (tertiary/aromatic N) is 1. The van der Waals surface area contributed by atoms with Gasteiger partial charge in [0.1, 0.15) is 5.75 Å². The second kappa shape index (κ2) is 7.37. The van der Waals surface area contributed by atoms with E-state index in [1.54, 1.807) is 14.2 Å². The van der Waals surface area contributed by atoms with E-state index in [1.807, 2.05) is 25.1 Å². The monoisotopic (exact) mass is 280 g/mol. The lowest BCUT2D eigenvalue weighted by molar-refractivity contribution is -0.137. The molecular weight excluding hydrogens is 260 g/mol. The maximum absolute atomic E-state index is 11.7. The molecule has 0 spiro atoms. The van der Waals surface area contributed by atoms with Crippen molar-refractivity contribution in [1.82, 2.24) is 10.2 Å². The van der Waals surface area contributed by atoms with Crippen LogP contribution in [0.4, 0.5) is 4.79 Å². The molecule has 1 aromatic rings. The van der Waals surface area contributed by atoms with Crippen LogP contribution in [-0.2, 0) is 11.3 Å². The Hall–Kier alpha value is -2.24. The first-order valence-electron chi connectivity index (χ1n) is 6.28. The van der Waals surface area contributed by atoms with Crippen molar-refractivity contribution in [2.24, 2.45) is 0 Å². The molecule has 2 amide bonds. The first-order valence-corrected chi connectivity index (χ1v) is 6.28. The lowest BCUT2D eigenvalue weighted by Gasteiger charge is -2.17. The van der Waals surface area contributed by atoms with Crippen molar-refractivity contribution in [3.05, 3.63) is 29.3 Å². The average molecular weight is 280 g/mol. The molecule has 1 rings (SSSR count). The molecule has 0 radical (unpaired) electrons. The second-order valence-corrected chi connectivity index (χ2v) is 4.53. The van der Waals surface area contributed by atoms with E-state index < -0.39 is 5.97 Å². The van der Waals surface area contributed by atoms with E-state index in [1.165, 1.54) is 4.90 Å². The molecular formula is C14H20N2O4. The number of carboxylic acid groups (broad SMARTS) is 1. The number of ether oxygens (including phenoxy) is 1. The highest BCUT2D eigenvalue weighted by atomic mass is 16.5. The Kier molecular flexibility index (Phi) is 5.83. The quantitative estimate of drug-likeness (QED) is 0.830. The molecule has 0 aliphatic carbocycles. The van der Waals surface area contributed by atoms with Crippen molar-refractivity contribution in [3.63, 3.8) is 0 Å². The van der Waals surface area contributed by atoms with E-state index >= 15 is 0 Å². The van der Waals surface area contributed by atoms with Crippen molar-refractivity contribution in [1.29, 1.82) is 0 Å². The van der Waals surface area contributed by atoms with Gasteiger partial charge in [-0.1, -0.05) is 12.1 Å². The van der Waals surface area contributed by atoms with Gasteiger partial charge in [0.15, 0.2) is 0 Å². The Morgan fingerprint density at radius 1 is 1.40 bits per heavy atom. The number of methoxy groups -OCH3 is 1. The Morgan fingerprint density at radius 2 is 2.10 bits per heavy atom. The normalized spacial score (nSPS) is 9.95. The predicted molar refractivity (Wildman–Crippen MR) is 74.8 cm³/mol. The molecule has 0 saturated carbocycles. The van der Waals surface area contributed by atoms with Gasteiger partial charge in [-0.25, -0.2) is 4.79 Å². The number of hydrogen-bond acceptors (Lipinski definition) is 3. The molecule has 0 fully saturated rings. The van der Waals surface area contributed by atoms with Gasteiger partial charge in [0.2, 0.25) is 0 Å². The van der Waals surface area contributed by atoms with E-state index in [0.29, 0.717) is 6.54 Å². The highest BCUT2D eigenvalue weighted by Crippen LogP contribution is 2.18. The molecule has 110 valence electrons. The molecule has 1 aromatic carbocycles. The first kappa shape index (κ1) is 15.8. The molecule has 6 nitrogen and oxygen atoms in total. The number of amides is 2. The summed E-state index contributed by atoms with van der Waals surface area (Å²) in [4.78, 5) is 23.5. The van der Waals surface area contributed by atoms with Crippen LogP contribution < -0.4 is 10.1 Å². The SMILES string of the molecule is COc1cc(CNC(=O)N(C)CCC(=O)O)ccc1C. The number of hydrogen-bond donors (Lipinski definition) is 2. The predicted octanol–water partition coefficient (Wildman–Crippen LogP) is 1.62. The van der Waals surface area contributed by atoms with Gasteiger partial charge < -0.3 is 20.1 Å². The summed E-state index contributed by atoms with van der Waals surface area (Å²) in [5, 5.41) is 11.3. The first-order chi connectivity index (χ1) is 9.43. The lowest BCUT2D eigenvalue weighted by atomic mass is 10.1. The standard InChI is InChI=1S/C14H20N2O4/c1-10-4-5-11(8-12(10)20-3)9-15-14(19)16(2)7-6-13(17)18/h4-5,8H,6-7,9H2,1-3H3,(H,15,19)(H,17,18). The zero-order valence-electron chi connectivity index (χ0n) is 12.0. The molecule has 2 N–H and O–H groups in total. The number of urea groups is 1. The minimum Gasteiger partial charge on any atom is -0.496 e. The molecule has 0 atom stereocenters. The number of aliphatic carboxylic acids is 1. The fourth-order valence-corrected chi connectivity index (χ4v) is 1.65. The van der Waals surface area contributed by atoms with Gasteiger partial charge in [-0.2, -0.15) is 0 Å². The fourth-order valence-electron chi connectivity index (χ4n) is 1.65. The van der Waals surface area contributed by atoms with Crippen LogP contribution in [0.1, 0.15) is 17.5 Å². The average Bonchev–Trinajstić information content (AvgIpc) is 2.43. The summed E-state index contributed by atoms with van der Waals surface area (Å²) in [6.45, 7) is 2.49. The summed E-state index contributed by atoms with van der Waals surface area (Å²) < 4.78 is 5.22. The summed E-state index contributed by atoms with van der Waals surface area (Å²) in [6, 6.07) is 5.40. The van der Waals surface area contributed by atoms with E-state index in [0.717, 1.165) is 16.9 Å². The van der Waals surface area contributed by atoms with Crippen molar-refractivity contribution < 1.29 is 19.4 Å². The molecule has 6 heteroatoms. The van der Waals surface area contributed by atoms with Crippen molar-refractivity contribution in [2.45, 2.75) is 19.9 Å². The molecule has 0 aromatic heterocycles. The van der Waals surface area contributed by atoms with Crippen LogP contribution in [0.5, 0.6) is 5.75 Å². The van der Waals surface area contributed by atoms with Crippen molar-refractivity contribution in [3.8, 4) is 5.75 Å². The summed E-state index contributed by atoms with van der Waals surface area (Å²) in [5.41, 5.74) is 1.95. The van der Waals surface area contributed by atoms with Gasteiger partial charge in [-0.3, -0.25) is 4.79 Å². The molecule has 0 heterocycles. The van der Waals surface area contributed by atoms with Crippen LogP contribution in [0.3, 0.4) is 0 Å². The van der Waals surface area contributed by atoms with Gasteiger partial charge in [-0.15, -0.1) is 0 Å². The van der Waals surface area contributed by atoms with Gasteiger partial charge in [0.05, 0.1) is 13.5 Å². The van der Waals surface area contributed by atoms with Gasteiger partial charge in [0, 0.05) is 20.1 Å². The summed E-state index contributed by atoms with van der Waals surface area (Å²) in [6.07, 6.45) is -0.0672. The fraction of sp³-hybridized carbons (Fsp3) is 0.429. The molecule has 0 unspecified atom stereocenters. The lowest BCUT2D eigenvalue weighted by Crippen LogP contribution is -2.37.